The molecular formula is C50H97Cl5N6O6. The number of piperidine rings is 3. The van der Waals surface area contributed by atoms with E-state index in [1.54, 1.807) is 6.08 Å². The molecule has 0 aromatic rings. The molecule has 0 unspecified atom stereocenters. The molecule has 6 aliphatic rings. The number of nitrogens with two attached hydrogens (primary N) is 2. The minimum atomic E-state index is -0.491. The third-order valence-electron chi connectivity index (χ3n) is 13.1. The number of aldehydes is 1. The Bertz CT molecular complexity index is 1200. The van der Waals surface area contributed by atoms with Crippen LogP contribution in [0, 0.1) is 17.8 Å². The van der Waals surface area contributed by atoms with Crippen molar-refractivity contribution in [2.45, 2.75) is 178 Å². The zero-order chi connectivity index (χ0) is 45.0. The largest absolute Gasteiger partial charge is 0.444 e. The van der Waals surface area contributed by atoms with E-state index in [-0.39, 0.29) is 74.0 Å². The third kappa shape index (κ3) is 31.4. The van der Waals surface area contributed by atoms with Crippen molar-refractivity contribution >= 4 is 74.4 Å². The Morgan fingerprint density at radius 2 is 1.06 bits per heavy atom. The maximum absolute atomic E-state index is 11.5. The lowest BCUT2D eigenvalue weighted by Gasteiger charge is -2.37. The number of halogens is 5. The van der Waals surface area contributed by atoms with Gasteiger partial charge < -0.3 is 55.6 Å². The van der Waals surface area contributed by atoms with E-state index in [4.69, 9.17) is 30.4 Å². The second kappa shape index (κ2) is 41.9. The van der Waals surface area contributed by atoms with Crippen LogP contribution in [0.5, 0.6) is 0 Å². The summed E-state index contributed by atoms with van der Waals surface area (Å²) in [5.74, 6) is 1.36. The van der Waals surface area contributed by atoms with Crippen LogP contribution in [-0.4, -0.2) is 136 Å². The van der Waals surface area contributed by atoms with E-state index in [9.17, 15) is 9.59 Å². The van der Waals surface area contributed by atoms with Gasteiger partial charge in [-0.1, -0.05) is 56.8 Å². The number of ether oxygens (including phenoxy) is 4. The van der Waals surface area contributed by atoms with E-state index >= 15 is 0 Å². The first kappa shape index (κ1) is 70.5. The summed E-state index contributed by atoms with van der Waals surface area (Å²) < 4.78 is 22.2. The van der Waals surface area contributed by atoms with Crippen molar-refractivity contribution in [3.63, 3.8) is 0 Å². The Labute approximate surface area is 438 Å². The van der Waals surface area contributed by atoms with Gasteiger partial charge in [-0.05, 0) is 129 Å². The fraction of sp³-hybridized carbons (Fsp3) is 0.840. The Morgan fingerprint density at radius 3 is 1.48 bits per heavy atom. The van der Waals surface area contributed by atoms with Crippen LogP contribution in [0.4, 0.5) is 4.79 Å². The molecule has 3 aliphatic heterocycles. The quantitative estimate of drug-likeness (QED) is 0.0916. The summed E-state index contributed by atoms with van der Waals surface area (Å²) in [6, 6.07) is 0.794. The van der Waals surface area contributed by atoms with Crippen molar-refractivity contribution < 1.29 is 28.5 Å². The van der Waals surface area contributed by atoms with Gasteiger partial charge in [0.05, 0.1) is 38.1 Å². The maximum atomic E-state index is 11.5. The molecule has 0 aromatic heterocycles. The van der Waals surface area contributed by atoms with Crippen LogP contribution in [0.15, 0.2) is 38.0 Å². The number of hydrogen-bond donors (Lipinski definition) is 4. The van der Waals surface area contributed by atoms with Gasteiger partial charge in [-0.2, -0.15) is 0 Å². The standard InChI is InChI=1S/2C15H28N2O.C12H21NO3.C8H15NO.5ClH/c2*1-2-10-18-14-7-5-9-17(12-14)11-13-6-3-4-8-15(13)16;1-12(2,3)16-11(15)13-10-7-5-4-6-9(10)8-14;1-2-6-10-8-4-3-5-9-7-8;;;;;/h2*2,13-15H,1,3-12,16H2;8-10H,4-7H2,1-3H3,(H,13,15);2,8-9H,1,3-7H2;5*1H/t13-,14+,15+;13-,14-,15+;9-,10+;8-;;;;;/m0111...../s1. The molecule has 3 heterocycles. The van der Waals surface area contributed by atoms with Gasteiger partial charge in [0.1, 0.15) is 11.9 Å². The molecule has 0 spiro atoms. The first-order chi connectivity index (χ1) is 29.9. The highest BCUT2D eigenvalue weighted by atomic mass is 35.5. The number of hydrogen-bond acceptors (Lipinski definition) is 11. The van der Waals surface area contributed by atoms with E-state index < -0.39 is 11.7 Å². The number of likely N-dealkylation sites (tertiary alicyclic amines) is 2. The van der Waals surface area contributed by atoms with Crippen molar-refractivity contribution in [3.05, 3.63) is 38.0 Å². The zero-order valence-corrected chi connectivity index (χ0v) is 45.8. The van der Waals surface area contributed by atoms with E-state index in [1.807, 2.05) is 32.9 Å². The van der Waals surface area contributed by atoms with E-state index in [2.05, 4.69) is 40.2 Å². The van der Waals surface area contributed by atoms with Gasteiger partial charge in [0, 0.05) is 56.8 Å². The predicted octanol–water partition coefficient (Wildman–Crippen LogP) is 9.66. The van der Waals surface area contributed by atoms with Crippen LogP contribution in [0.2, 0.25) is 0 Å². The van der Waals surface area contributed by atoms with Crippen LogP contribution in [-0.2, 0) is 23.7 Å². The summed E-state index contributed by atoms with van der Waals surface area (Å²) in [7, 11) is 0. The molecule has 0 bridgehead atoms. The van der Waals surface area contributed by atoms with Gasteiger partial charge in [0.2, 0.25) is 0 Å². The number of alkyl carbamates (subject to hydrolysis) is 1. The SMILES string of the molecule is C=CCO[C@@H]1CCCN(C[C@@H]2CCCC[C@H]2N)C1.C=CCO[C@@H]1CCCN(C[C@H]2CCCC[C@@H]2N)C1.C=CCO[C@@H]1CCCNC1.CC(C)(C)OC(=O)N[C@H]1CCCC[C@@H]1C=O.Cl.Cl.Cl.Cl.Cl. The van der Waals surface area contributed by atoms with Crippen molar-refractivity contribution in [3.8, 4) is 0 Å². The summed E-state index contributed by atoms with van der Waals surface area (Å²) in [5, 5.41) is 6.07. The molecule has 6 rings (SSSR count). The molecule has 398 valence electrons. The van der Waals surface area contributed by atoms with Crippen LogP contribution in [0.3, 0.4) is 0 Å². The molecule has 0 radical (unpaired) electrons. The second-order valence-electron chi connectivity index (χ2n) is 19.6. The van der Waals surface area contributed by atoms with Gasteiger partial charge in [0.25, 0.3) is 0 Å². The fourth-order valence-electron chi connectivity index (χ4n) is 9.75. The zero-order valence-electron chi connectivity index (χ0n) is 41.7. The van der Waals surface area contributed by atoms with E-state index in [0.717, 1.165) is 58.1 Å². The minimum absolute atomic E-state index is 0. The third-order valence-corrected chi connectivity index (χ3v) is 13.1. The Hall–Kier alpha value is -0.710. The second-order valence-corrected chi connectivity index (χ2v) is 19.6. The average molecular weight is 1060 g/mol. The monoisotopic (exact) mass is 1050 g/mol. The minimum Gasteiger partial charge on any atom is -0.444 e. The maximum Gasteiger partial charge on any atom is 0.407 e. The highest BCUT2D eigenvalue weighted by Crippen LogP contribution is 2.27. The van der Waals surface area contributed by atoms with Gasteiger partial charge >= 0.3 is 6.09 Å². The number of nitrogens with zero attached hydrogens (tertiary/aromatic N) is 2. The summed E-state index contributed by atoms with van der Waals surface area (Å²) >= 11 is 0. The number of nitrogens with one attached hydrogen (secondary N) is 2. The first-order valence-corrected chi connectivity index (χ1v) is 24.7. The molecule has 67 heavy (non-hydrogen) atoms. The Kier molecular flexibility index (Phi) is 44.1. The van der Waals surface area contributed by atoms with Crippen molar-refractivity contribution in [1.82, 2.24) is 20.4 Å². The van der Waals surface area contributed by atoms with Crippen LogP contribution in [0.25, 0.3) is 0 Å². The summed E-state index contributed by atoms with van der Waals surface area (Å²) in [4.78, 5) is 27.5. The summed E-state index contributed by atoms with van der Waals surface area (Å²) in [6.07, 6.45) is 28.9. The van der Waals surface area contributed by atoms with E-state index in [0.29, 0.717) is 62.1 Å². The lowest BCUT2D eigenvalue weighted by molar-refractivity contribution is -0.112. The van der Waals surface area contributed by atoms with Crippen molar-refractivity contribution in [2.24, 2.45) is 29.2 Å². The molecule has 3 saturated carbocycles. The number of carbonyl (C=O) groups excluding carboxylic acids is 2. The van der Waals surface area contributed by atoms with Gasteiger partial charge in [-0.25, -0.2) is 4.79 Å². The molecule has 6 fully saturated rings. The van der Waals surface area contributed by atoms with Gasteiger partial charge in [0.15, 0.2) is 0 Å². The van der Waals surface area contributed by atoms with E-state index in [1.165, 1.54) is 116 Å². The fourth-order valence-corrected chi connectivity index (χ4v) is 9.75. The van der Waals surface area contributed by atoms with Crippen LogP contribution < -0.4 is 22.1 Å². The topological polar surface area (TPSA) is 154 Å². The van der Waals surface area contributed by atoms with Gasteiger partial charge in [-0.15, -0.1) is 81.8 Å². The van der Waals surface area contributed by atoms with Crippen molar-refractivity contribution in [1.29, 1.82) is 0 Å². The molecule has 1 amide bonds. The van der Waals surface area contributed by atoms with Gasteiger partial charge in [-0.3, -0.25) is 0 Å². The number of amides is 1. The average Bonchev–Trinajstić information content (AvgIpc) is 3.27. The van der Waals surface area contributed by atoms with Crippen LogP contribution in [0.1, 0.15) is 136 Å². The highest BCUT2D eigenvalue weighted by molar-refractivity contribution is 5.86. The normalized spacial score (nSPS) is 28.6. The van der Waals surface area contributed by atoms with Crippen LogP contribution >= 0.6 is 62.0 Å². The lowest BCUT2D eigenvalue weighted by Crippen LogP contribution is -2.46. The Balaban J connectivity index is -0.000000809. The number of rotatable bonds is 15. The lowest BCUT2D eigenvalue weighted by atomic mass is 9.84. The van der Waals surface area contributed by atoms with Crippen molar-refractivity contribution in [2.75, 3.05) is 72.2 Å². The molecule has 3 aliphatic carbocycles. The molecule has 0 aromatic carbocycles. The molecule has 17 heteroatoms. The Morgan fingerprint density at radius 1 is 0.627 bits per heavy atom. The summed E-state index contributed by atoms with van der Waals surface area (Å²) in [6.45, 7) is 27.7. The molecule has 9 atom stereocenters. The number of carbonyl (C=O) groups is 2. The molecule has 3 saturated heterocycles. The highest BCUT2D eigenvalue weighted by Gasteiger charge is 2.30. The molecule has 6 N–H and O–H groups in total. The smallest absolute Gasteiger partial charge is 0.407 e. The first-order valence-electron chi connectivity index (χ1n) is 24.7. The molecule has 12 nitrogen and oxygen atoms in total. The summed E-state index contributed by atoms with van der Waals surface area (Å²) in [5.41, 5.74) is 12.0. The molecular weight excluding hydrogens is 958 g/mol. The predicted molar refractivity (Wildman–Crippen MR) is 291 cm³/mol.